The minimum Gasteiger partial charge on any atom is -0.508 e. The van der Waals surface area contributed by atoms with Gasteiger partial charge in [0.05, 0.1) is 0 Å². The summed E-state index contributed by atoms with van der Waals surface area (Å²) in [5.41, 5.74) is 0. The Labute approximate surface area is 123 Å². The van der Waals surface area contributed by atoms with E-state index < -0.39 is 0 Å². The first-order chi connectivity index (χ1) is 8.49. The van der Waals surface area contributed by atoms with Crippen molar-refractivity contribution in [2.24, 2.45) is 0 Å². The SMILES string of the molecule is Oc1ccc(Oc2c(Cl)c(Cl)nc(Cl)c2Cl)cc1. The second kappa shape index (κ2) is 5.41. The first kappa shape index (κ1) is 13.6. The van der Waals surface area contributed by atoms with Crippen LogP contribution in [0.2, 0.25) is 20.4 Å². The summed E-state index contributed by atoms with van der Waals surface area (Å²) in [5, 5.41) is 9.30. The Balaban J connectivity index is 2.42. The number of aromatic hydroxyl groups is 1. The summed E-state index contributed by atoms with van der Waals surface area (Å²) in [5.74, 6) is 0.661. The van der Waals surface area contributed by atoms with Crippen molar-refractivity contribution >= 4 is 46.4 Å². The molecule has 3 nitrogen and oxygen atoms in total. The third kappa shape index (κ3) is 2.75. The molecule has 1 aromatic heterocycles. The van der Waals surface area contributed by atoms with Crippen molar-refractivity contribution in [1.82, 2.24) is 4.98 Å². The van der Waals surface area contributed by atoms with Gasteiger partial charge in [-0.05, 0) is 24.3 Å². The molecule has 94 valence electrons. The van der Waals surface area contributed by atoms with Gasteiger partial charge in [0.1, 0.15) is 21.5 Å². The van der Waals surface area contributed by atoms with Crippen molar-refractivity contribution in [2.75, 3.05) is 0 Å². The first-order valence-electron chi connectivity index (χ1n) is 4.66. The van der Waals surface area contributed by atoms with Crippen LogP contribution >= 0.6 is 46.4 Å². The molecule has 7 heteroatoms. The molecule has 0 amide bonds. The normalized spacial score (nSPS) is 10.4. The van der Waals surface area contributed by atoms with Gasteiger partial charge in [-0.2, -0.15) is 0 Å². The van der Waals surface area contributed by atoms with Gasteiger partial charge in [-0.15, -0.1) is 0 Å². The summed E-state index contributed by atoms with van der Waals surface area (Å²) < 4.78 is 5.47. The van der Waals surface area contributed by atoms with Crippen LogP contribution in [-0.4, -0.2) is 10.1 Å². The van der Waals surface area contributed by atoms with Crippen molar-refractivity contribution < 1.29 is 9.84 Å². The highest BCUT2D eigenvalue weighted by atomic mass is 35.5. The van der Waals surface area contributed by atoms with E-state index in [0.29, 0.717) is 5.75 Å². The van der Waals surface area contributed by atoms with Crippen molar-refractivity contribution in [2.45, 2.75) is 0 Å². The zero-order chi connectivity index (χ0) is 13.3. The number of phenols is 1. The largest absolute Gasteiger partial charge is 0.508 e. The van der Waals surface area contributed by atoms with Crippen molar-refractivity contribution in [1.29, 1.82) is 0 Å². The highest BCUT2D eigenvalue weighted by molar-refractivity contribution is 6.47. The predicted molar refractivity (Wildman–Crippen MR) is 72.5 cm³/mol. The van der Waals surface area contributed by atoms with E-state index in [1.54, 1.807) is 12.1 Å². The lowest BCUT2D eigenvalue weighted by molar-refractivity contribution is 0.464. The van der Waals surface area contributed by atoms with Gasteiger partial charge >= 0.3 is 0 Å². The molecule has 0 aliphatic carbocycles. The fraction of sp³-hybridized carbons (Fsp3) is 0. The van der Waals surface area contributed by atoms with Gasteiger partial charge in [-0.3, -0.25) is 0 Å². The second-order valence-electron chi connectivity index (χ2n) is 3.25. The van der Waals surface area contributed by atoms with Crippen LogP contribution in [0.4, 0.5) is 0 Å². The number of rotatable bonds is 2. The van der Waals surface area contributed by atoms with Gasteiger partial charge in [0.2, 0.25) is 0 Å². The average molecular weight is 325 g/mol. The Morgan fingerprint density at radius 1 is 0.889 bits per heavy atom. The van der Waals surface area contributed by atoms with E-state index in [0.717, 1.165) is 0 Å². The molecule has 0 aliphatic heterocycles. The molecule has 0 saturated heterocycles. The standard InChI is InChI=1S/C11H5Cl4NO2/c12-7-9(8(13)11(15)16-10(7)14)18-6-3-1-5(17)2-4-6/h1-4,17H. The molecule has 0 fully saturated rings. The maximum Gasteiger partial charge on any atom is 0.170 e. The number of halogens is 4. The monoisotopic (exact) mass is 323 g/mol. The van der Waals surface area contributed by atoms with Crippen molar-refractivity contribution in [3.05, 3.63) is 44.6 Å². The predicted octanol–water partition coefficient (Wildman–Crippen LogP) is 5.19. The number of nitrogens with zero attached hydrogens (tertiary/aromatic N) is 1. The van der Waals surface area contributed by atoms with Gasteiger partial charge in [-0.25, -0.2) is 4.98 Å². The molecule has 0 saturated carbocycles. The lowest BCUT2D eigenvalue weighted by atomic mass is 10.3. The maximum absolute atomic E-state index is 9.16. The number of pyridine rings is 1. The van der Waals surface area contributed by atoms with Gasteiger partial charge in [-0.1, -0.05) is 46.4 Å². The Hall–Kier alpha value is -0.870. The summed E-state index contributed by atoms with van der Waals surface area (Å²) in [6.07, 6.45) is 0. The molecule has 0 atom stereocenters. The Morgan fingerprint density at radius 3 is 1.89 bits per heavy atom. The maximum atomic E-state index is 9.16. The molecule has 0 bridgehead atoms. The highest BCUT2D eigenvalue weighted by Crippen LogP contribution is 2.42. The number of hydrogen-bond acceptors (Lipinski definition) is 3. The molecule has 1 heterocycles. The van der Waals surface area contributed by atoms with Crippen LogP contribution in [0.3, 0.4) is 0 Å². The van der Waals surface area contributed by atoms with Crippen LogP contribution in [-0.2, 0) is 0 Å². The third-order valence-corrected chi connectivity index (χ3v) is 3.46. The number of phenolic OH excluding ortho intramolecular Hbond substituents is 1. The molecule has 2 aromatic rings. The van der Waals surface area contributed by atoms with E-state index in [-0.39, 0.29) is 31.9 Å². The number of hydrogen-bond donors (Lipinski definition) is 1. The number of aromatic nitrogens is 1. The number of benzene rings is 1. The molecule has 0 radical (unpaired) electrons. The lowest BCUT2D eigenvalue weighted by Gasteiger charge is -2.11. The van der Waals surface area contributed by atoms with Crippen LogP contribution < -0.4 is 4.74 Å². The molecule has 0 unspecified atom stereocenters. The van der Waals surface area contributed by atoms with Crippen molar-refractivity contribution in [3.8, 4) is 17.2 Å². The number of ether oxygens (including phenoxy) is 1. The average Bonchev–Trinajstić information content (AvgIpc) is 2.34. The molecular formula is C11H5Cl4NO2. The van der Waals surface area contributed by atoms with E-state index in [9.17, 15) is 0 Å². The van der Waals surface area contributed by atoms with Gasteiger partial charge in [0.15, 0.2) is 16.1 Å². The summed E-state index contributed by atoms with van der Waals surface area (Å²) in [6, 6.07) is 6.01. The van der Waals surface area contributed by atoms with E-state index in [1.807, 2.05) is 0 Å². The molecule has 1 aromatic carbocycles. The smallest absolute Gasteiger partial charge is 0.170 e. The molecule has 1 N–H and O–H groups in total. The summed E-state index contributed by atoms with van der Waals surface area (Å²) in [7, 11) is 0. The molecule has 0 aliphatic rings. The second-order valence-corrected chi connectivity index (χ2v) is 4.72. The van der Waals surface area contributed by atoms with E-state index in [4.69, 9.17) is 56.2 Å². The zero-order valence-electron chi connectivity index (χ0n) is 8.62. The van der Waals surface area contributed by atoms with Crippen LogP contribution in [0, 0.1) is 0 Å². The van der Waals surface area contributed by atoms with Crippen molar-refractivity contribution in [3.63, 3.8) is 0 Å². The van der Waals surface area contributed by atoms with E-state index >= 15 is 0 Å². The summed E-state index contributed by atoms with van der Waals surface area (Å²) in [6.45, 7) is 0. The minimum atomic E-state index is -0.000144. The van der Waals surface area contributed by atoms with Gasteiger partial charge in [0.25, 0.3) is 0 Å². The quantitative estimate of drug-likeness (QED) is 0.773. The van der Waals surface area contributed by atoms with Crippen LogP contribution in [0.25, 0.3) is 0 Å². The lowest BCUT2D eigenvalue weighted by Crippen LogP contribution is -1.90. The van der Waals surface area contributed by atoms with E-state index in [2.05, 4.69) is 4.98 Å². The molecule has 0 spiro atoms. The Morgan fingerprint density at radius 2 is 1.39 bits per heavy atom. The van der Waals surface area contributed by atoms with Crippen LogP contribution in [0.5, 0.6) is 17.2 Å². The summed E-state index contributed by atoms with van der Waals surface area (Å²) >= 11 is 23.4. The van der Waals surface area contributed by atoms with Crippen LogP contribution in [0.1, 0.15) is 0 Å². The molecular weight excluding hydrogens is 320 g/mol. The zero-order valence-corrected chi connectivity index (χ0v) is 11.6. The fourth-order valence-electron chi connectivity index (χ4n) is 1.19. The van der Waals surface area contributed by atoms with E-state index in [1.165, 1.54) is 12.1 Å². The Bertz CT molecular complexity index is 560. The van der Waals surface area contributed by atoms with Gasteiger partial charge < -0.3 is 9.84 Å². The Kier molecular flexibility index (Phi) is 4.07. The minimum absolute atomic E-state index is 0.000144. The fourth-order valence-corrected chi connectivity index (χ4v) is 1.97. The molecule has 18 heavy (non-hydrogen) atoms. The summed E-state index contributed by atoms with van der Waals surface area (Å²) in [4.78, 5) is 3.74. The van der Waals surface area contributed by atoms with Gasteiger partial charge in [0, 0.05) is 0 Å². The van der Waals surface area contributed by atoms with Crippen LogP contribution in [0.15, 0.2) is 24.3 Å². The topological polar surface area (TPSA) is 42.4 Å². The highest BCUT2D eigenvalue weighted by Gasteiger charge is 2.17. The third-order valence-electron chi connectivity index (χ3n) is 2.01. The molecule has 2 rings (SSSR count). The first-order valence-corrected chi connectivity index (χ1v) is 6.17.